The summed E-state index contributed by atoms with van der Waals surface area (Å²) < 4.78 is 7.77. The number of imidazole rings is 1. The average Bonchev–Trinajstić information content (AvgIpc) is 3.39. The molecular weight excluding hydrogens is 634 g/mol. The molecule has 8 nitrogen and oxygen atoms in total. The van der Waals surface area contributed by atoms with Gasteiger partial charge in [-0.15, -0.1) is 0 Å². The molecule has 1 N–H and O–H groups in total. The summed E-state index contributed by atoms with van der Waals surface area (Å²) >= 11 is 5.80. The van der Waals surface area contributed by atoms with E-state index in [1.807, 2.05) is 52.0 Å². The predicted octanol–water partition coefficient (Wildman–Crippen LogP) is 9.84. The normalized spacial score (nSPS) is 17.2. The van der Waals surface area contributed by atoms with Crippen LogP contribution in [0.1, 0.15) is 88.5 Å². The van der Waals surface area contributed by atoms with E-state index in [4.69, 9.17) is 31.3 Å². The number of pyridine rings is 1. The minimum atomic E-state index is -0.588. The van der Waals surface area contributed by atoms with Crippen molar-refractivity contribution in [1.29, 1.82) is 0 Å². The van der Waals surface area contributed by atoms with Gasteiger partial charge in [-0.1, -0.05) is 61.5 Å². The molecule has 0 bridgehead atoms. The molecule has 2 unspecified atom stereocenters. The molecule has 9 heteroatoms. The molecule has 1 amide bonds. The summed E-state index contributed by atoms with van der Waals surface area (Å²) in [6.07, 6.45) is 8.18. The van der Waals surface area contributed by atoms with E-state index in [1.54, 1.807) is 18.3 Å². The van der Waals surface area contributed by atoms with Crippen molar-refractivity contribution in [1.82, 2.24) is 19.9 Å². The molecule has 49 heavy (non-hydrogen) atoms. The molecule has 2 aromatic carbocycles. The number of amides is 1. The lowest BCUT2D eigenvalue weighted by Gasteiger charge is -2.43. The van der Waals surface area contributed by atoms with Crippen molar-refractivity contribution >= 4 is 34.5 Å². The lowest BCUT2D eigenvalue weighted by molar-refractivity contribution is 0.0377. The third kappa shape index (κ3) is 6.88. The molecular formula is C40H42ClN5O3. The maximum atomic E-state index is 12.8. The zero-order chi connectivity index (χ0) is 35.1. The molecule has 0 radical (unpaired) electrons. The Morgan fingerprint density at radius 2 is 1.76 bits per heavy atom. The highest BCUT2D eigenvalue weighted by Crippen LogP contribution is 2.44. The Labute approximate surface area is 293 Å². The smallest absolute Gasteiger partial charge is 0.408 e. The van der Waals surface area contributed by atoms with E-state index in [1.165, 1.54) is 0 Å². The zero-order valence-electron chi connectivity index (χ0n) is 28.9. The number of rotatable bonds is 8. The maximum absolute atomic E-state index is 12.8. The Morgan fingerprint density at radius 1 is 1.08 bits per heavy atom. The largest absolute Gasteiger partial charge is 0.444 e. The first-order chi connectivity index (χ1) is 23.3. The van der Waals surface area contributed by atoms with E-state index < -0.39 is 22.5 Å². The van der Waals surface area contributed by atoms with Gasteiger partial charge in [-0.3, -0.25) is 9.36 Å². The summed E-state index contributed by atoms with van der Waals surface area (Å²) in [7, 11) is 0. The molecule has 1 aliphatic heterocycles. The molecule has 252 valence electrons. The standard InChI is InChI=1S/C40H42ClN5O3/c1-24(2)25(3)11-20-31-26(4)37-44-33(27-12-14-29(15-13-27)35(41)47)34(46(37)32-10-8-23-42-36(32)43-31)28-16-18-30(19-17-28)40(21-9-22-40)45-38(48)49-39(5,6)7/h8,10-20,23,25-26H,1,9,21-22H2,2-7H3,(H,45,48)/b20-11-. The first-order valence-electron chi connectivity index (χ1n) is 16.7. The highest BCUT2D eigenvalue weighted by Gasteiger charge is 2.41. The van der Waals surface area contributed by atoms with Gasteiger partial charge >= 0.3 is 6.09 Å². The number of hydrogen-bond donors (Lipinski definition) is 1. The number of nitrogens with zero attached hydrogens (tertiary/aromatic N) is 4. The molecule has 2 atom stereocenters. The van der Waals surface area contributed by atoms with Crippen molar-refractivity contribution in [3.8, 4) is 28.2 Å². The third-order valence-electron chi connectivity index (χ3n) is 9.35. The van der Waals surface area contributed by atoms with Crippen LogP contribution in [0.4, 0.5) is 10.6 Å². The number of nitrogens with one attached hydrogen (secondary N) is 1. The first kappa shape index (κ1) is 34.1. The van der Waals surface area contributed by atoms with Crippen LogP contribution in [0.5, 0.6) is 0 Å². The fraction of sp³-hybridized carbons (Fsp3) is 0.325. The molecule has 0 saturated heterocycles. The second kappa shape index (κ2) is 13.2. The number of alkyl carbamates (subject to hydrolysis) is 1. The zero-order valence-corrected chi connectivity index (χ0v) is 29.6. The summed E-state index contributed by atoms with van der Waals surface area (Å²) in [6.45, 7) is 15.9. The van der Waals surface area contributed by atoms with Gasteiger partial charge in [-0.05, 0) is 107 Å². The summed E-state index contributed by atoms with van der Waals surface area (Å²) in [4.78, 5) is 39.8. The van der Waals surface area contributed by atoms with Crippen LogP contribution in [-0.2, 0) is 10.3 Å². The van der Waals surface area contributed by atoms with Crippen LogP contribution < -0.4 is 5.32 Å². The lowest BCUT2D eigenvalue weighted by Crippen LogP contribution is -2.52. The van der Waals surface area contributed by atoms with Crippen LogP contribution in [0, 0.1) is 5.92 Å². The monoisotopic (exact) mass is 675 g/mol. The maximum Gasteiger partial charge on any atom is 0.408 e. The number of ether oxygens (including phenoxy) is 1. The highest BCUT2D eigenvalue weighted by molar-refractivity contribution is 6.67. The minimum Gasteiger partial charge on any atom is -0.444 e. The van der Waals surface area contributed by atoms with E-state index >= 15 is 0 Å². The van der Waals surface area contributed by atoms with Crippen molar-refractivity contribution in [3.63, 3.8) is 0 Å². The Bertz CT molecular complexity index is 1980. The second-order valence-corrected chi connectivity index (χ2v) is 14.4. The number of carbonyl (C=O) groups is 2. The molecule has 2 aliphatic rings. The number of aliphatic imine (C=N–C) groups is 1. The van der Waals surface area contributed by atoms with Crippen LogP contribution in [0.15, 0.2) is 96.2 Å². The number of halogens is 1. The number of carbonyl (C=O) groups excluding carboxylic acids is 2. The molecule has 6 rings (SSSR count). The van der Waals surface area contributed by atoms with Gasteiger partial charge in [0, 0.05) is 22.9 Å². The molecule has 2 aromatic heterocycles. The number of allylic oxidation sites excluding steroid dienone is 3. The lowest BCUT2D eigenvalue weighted by atomic mass is 9.71. The van der Waals surface area contributed by atoms with Gasteiger partial charge in [0.15, 0.2) is 5.82 Å². The van der Waals surface area contributed by atoms with Gasteiger partial charge in [0.1, 0.15) is 11.4 Å². The number of hydrogen-bond acceptors (Lipinski definition) is 6. The van der Waals surface area contributed by atoms with Crippen LogP contribution in [0.3, 0.4) is 0 Å². The molecule has 4 aromatic rings. The van der Waals surface area contributed by atoms with Crippen molar-refractivity contribution in [2.24, 2.45) is 10.9 Å². The van der Waals surface area contributed by atoms with E-state index in [-0.39, 0.29) is 11.8 Å². The van der Waals surface area contributed by atoms with Crippen LogP contribution >= 0.6 is 11.6 Å². The van der Waals surface area contributed by atoms with Crippen molar-refractivity contribution < 1.29 is 14.3 Å². The molecule has 1 aliphatic carbocycles. The topological polar surface area (TPSA) is 98.5 Å². The second-order valence-electron chi connectivity index (χ2n) is 14.1. The summed E-state index contributed by atoms with van der Waals surface area (Å²) in [6, 6.07) is 19.4. The van der Waals surface area contributed by atoms with Crippen molar-refractivity contribution in [3.05, 3.63) is 108 Å². The fourth-order valence-electron chi connectivity index (χ4n) is 6.25. The van der Waals surface area contributed by atoms with Gasteiger partial charge in [0.05, 0.1) is 34.2 Å². The first-order valence-corrected chi connectivity index (χ1v) is 17.1. The number of fused-ring (bicyclic) bond motifs is 3. The van der Waals surface area contributed by atoms with Crippen molar-refractivity contribution in [2.75, 3.05) is 0 Å². The molecule has 0 spiro atoms. The van der Waals surface area contributed by atoms with Crippen LogP contribution in [0.2, 0.25) is 0 Å². The van der Waals surface area contributed by atoms with Gasteiger partial charge in [-0.2, -0.15) is 0 Å². The molecule has 1 saturated carbocycles. The minimum absolute atomic E-state index is 0.178. The van der Waals surface area contributed by atoms with Gasteiger partial charge < -0.3 is 10.1 Å². The Kier molecular flexibility index (Phi) is 9.20. The Balaban J connectivity index is 1.50. The highest BCUT2D eigenvalue weighted by atomic mass is 35.5. The SMILES string of the molecule is C=C(C)C(C)/C=C\C1=Nc2ncccc2-n2c(nc(-c3ccc(C(=O)Cl)cc3)c2-c2ccc(C3(NC(=O)OC(C)(C)C)CCC3)cc2)C1C. The third-order valence-corrected chi connectivity index (χ3v) is 9.57. The fourth-order valence-corrected chi connectivity index (χ4v) is 6.38. The number of benzene rings is 2. The van der Waals surface area contributed by atoms with Gasteiger partial charge in [0.2, 0.25) is 0 Å². The quantitative estimate of drug-likeness (QED) is 0.148. The van der Waals surface area contributed by atoms with E-state index in [0.717, 1.165) is 70.1 Å². The summed E-state index contributed by atoms with van der Waals surface area (Å²) in [5, 5.41) is 2.65. The summed E-state index contributed by atoms with van der Waals surface area (Å²) in [5.41, 5.74) is 6.47. The number of aromatic nitrogens is 3. The Morgan fingerprint density at radius 3 is 2.35 bits per heavy atom. The molecule has 3 heterocycles. The van der Waals surface area contributed by atoms with E-state index in [0.29, 0.717) is 11.4 Å². The van der Waals surface area contributed by atoms with Crippen LogP contribution in [-0.4, -0.2) is 37.2 Å². The van der Waals surface area contributed by atoms with E-state index in [2.05, 4.69) is 66.7 Å². The molecule has 1 fully saturated rings. The average molecular weight is 676 g/mol. The Hall–Kier alpha value is -4.82. The predicted molar refractivity (Wildman–Crippen MR) is 196 cm³/mol. The van der Waals surface area contributed by atoms with Gasteiger partial charge in [-0.25, -0.2) is 19.8 Å². The van der Waals surface area contributed by atoms with E-state index in [9.17, 15) is 9.59 Å². The van der Waals surface area contributed by atoms with Crippen molar-refractivity contribution in [2.45, 2.75) is 77.9 Å². The van der Waals surface area contributed by atoms with Crippen LogP contribution in [0.25, 0.3) is 28.2 Å². The van der Waals surface area contributed by atoms with Gasteiger partial charge in [0.25, 0.3) is 5.24 Å². The summed E-state index contributed by atoms with van der Waals surface area (Å²) in [5.74, 6) is 1.40.